The van der Waals surface area contributed by atoms with Crippen molar-refractivity contribution in [1.82, 2.24) is 5.43 Å². The lowest BCUT2D eigenvalue weighted by Gasteiger charge is -2.26. The van der Waals surface area contributed by atoms with Gasteiger partial charge in [0, 0.05) is 5.56 Å². The lowest BCUT2D eigenvalue weighted by molar-refractivity contribution is -0.136. The summed E-state index contributed by atoms with van der Waals surface area (Å²) in [4.78, 5) is 13.0. The number of hydrogen-bond acceptors (Lipinski definition) is 4. The first-order chi connectivity index (χ1) is 15.1. The first kappa shape index (κ1) is 20.6. The Labute approximate surface area is 184 Å². The molecule has 2 N–H and O–H groups in total. The van der Waals surface area contributed by atoms with E-state index < -0.39 is 11.5 Å². The molecular formula is C25H19ClN2O3. The minimum absolute atomic E-state index is 0.429. The highest BCUT2D eigenvalue weighted by Gasteiger charge is 2.39. The van der Waals surface area contributed by atoms with Crippen molar-refractivity contribution in [2.24, 2.45) is 5.10 Å². The van der Waals surface area contributed by atoms with Crippen LogP contribution in [0.2, 0.25) is 5.02 Å². The van der Waals surface area contributed by atoms with E-state index in [0.717, 1.165) is 5.56 Å². The predicted octanol–water partition coefficient (Wildman–Crippen LogP) is 4.99. The Hall–Kier alpha value is -3.67. The Morgan fingerprint density at radius 2 is 1.45 bits per heavy atom. The number of carbonyl (C=O) groups is 1. The van der Waals surface area contributed by atoms with Gasteiger partial charge in [0.1, 0.15) is 11.5 Å². The Morgan fingerprint density at radius 1 is 0.871 bits per heavy atom. The number of nitrogens with one attached hydrogen (secondary N) is 1. The molecule has 4 aromatic rings. The largest absolute Gasteiger partial charge is 0.455 e. The van der Waals surface area contributed by atoms with E-state index in [9.17, 15) is 9.90 Å². The summed E-state index contributed by atoms with van der Waals surface area (Å²) in [5.74, 6) is 0.334. The van der Waals surface area contributed by atoms with Crippen molar-refractivity contribution in [3.05, 3.63) is 119 Å². The molecule has 0 atom stereocenters. The Kier molecular flexibility index (Phi) is 5.98. The molecule has 154 valence electrons. The van der Waals surface area contributed by atoms with Gasteiger partial charge < -0.3 is 9.52 Å². The molecule has 0 aliphatic carbocycles. The van der Waals surface area contributed by atoms with Crippen molar-refractivity contribution in [2.45, 2.75) is 5.60 Å². The van der Waals surface area contributed by atoms with E-state index in [2.05, 4.69) is 10.5 Å². The predicted molar refractivity (Wildman–Crippen MR) is 121 cm³/mol. The molecule has 1 aromatic heterocycles. The van der Waals surface area contributed by atoms with Crippen molar-refractivity contribution in [1.29, 1.82) is 0 Å². The zero-order chi connectivity index (χ0) is 21.7. The standard InChI is InChI=1S/C25H19ClN2O3/c26-22-14-8-7-13-21(22)23-16-15-20(31-23)17-27-28-24(29)25(30,18-9-3-1-4-10-18)19-11-5-2-6-12-19/h1-17,30H,(H,28,29)/b27-17-. The molecule has 0 bridgehead atoms. The number of hydrazone groups is 1. The van der Waals surface area contributed by atoms with Gasteiger partial charge >= 0.3 is 0 Å². The summed E-state index contributed by atoms with van der Waals surface area (Å²) in [5.41, 5.74) is 2.16. The van der Waals surface area contributed by atoms with Gasteiger partial charge in [-0.05, 0) is 35.4 Å². The monoisotopic (exact) mass is 430 g/mol. The quantitative estimate of drug-likeness (QED) is 0.334. The van der Waals surface area contributed by atoms with Crippen molar-refractivity contribution < 1.29 is 14.3 Å². The van der Waals surface area contributed by atoms with Crippen LogP contribution in [0.15, 0.2) is 107 Å². The fraction of sp³-hybridized carbons (Fsp3) is 0.0400. The third kappa shape index (κ3) is 4.28. The fourth-order valence-electron chi connectivity index (χ4n) is 3.25. The lowest BCUT2D eigenvalue weighted by Crippen LogP contribution is -2.43. The van der Waals surface area contributed by atoms with Crippen LogP contribution in [0, 0.1) is 0 Å². The van der Waals surface area contributed by atoms with Crippen LogP contribution in [0.25, 0.3) is 11.3 Å². The molecule has 6 heteroatoms. The van der Waals surface area contributed by atoms with Crippen molar-refractivity contribution in [3.8, 4) is 11.3 Å². The second kappa shape index (κ2) is 9.00. The molecule has 0 aliphatic heterocycles. The van der Waals surface area contributed by atoms with E-state index in [-0.39, 0.29) is 0 Å². The van der Waals surface area contributed by atoms with Gasteiger partial charge in [-0.1, -0.05) is 84.4 Å². The van der Waals surface area contributed by atoms with Gasteiger partial charge in [0.2, 0.25) is 0 Å². The molecule has 0 radical (unpaired) electrons. The number of rotatable bonds is 6. The summed E-state index contributed by atoms with van der Waals surface area (Å²) in [6, 6.07) is 28.3. The van der Waals surface area contributed by atoms with Crippen molar-refractivity contribution in [3.63, 3.8) is 0 Å². The number of halogens is 1. The van der Waals surface area contributed by atoms with Gasteiger partial charge in [-0.15, -0.1) is 0 Å². The van der Waals surface area contributed by atoms with E-state index in [1.54, 1.807) is 66.7 Å². The summed E-state index contributed by atoms with van der Waals surface area (Å²) in [6.07, 6.45) is 1.37. The average molecular weight is 431 g/mol. The van der Waals surface area contributed by atoms with E-state index in [1.807, 2.05) is 30.3 Å². The van der Waals surface area contributed by atoms with E-state index in [4.69, 9.17) is 16.0 Å². The van der Waals surface area contributed by atoms with Gasteiger partial charge in [0.05, 0.1) is 11.2 Å². The third-order valence-electron chi connectivity index (χ3n) is 4.84. The molecule has 31 heavy (non-hydrogen) atoms. The molecule has 0 fully saturated rings. The number of nitrogens with zero attached hydrogens (tertiary/aromatic N) is 1. The molecule has 4 rings (SSSR count). The summed E-state index contributed by atoms with van der Waals surface area (Å²) < 4.78 is 5.74. The van der Waals surface area contributed by atoms with Gasteiger partial charge in [-0.25, -0.2) is 5.43 Å². The molecule has 0 spiro atoms. The Balaban J connectivity index is 1.55. The van der Waals surface area contributed by atoms with E-state index in [0.29, 0.717) is 27.7 Å². The molecule has 0 saturated carbocycles. The summed E-state index contributed by atoms with van der Waals surface area (Å²) >= 11 is 6.20. The smallest absolute Gasteiger partial charge is 0.281 e. The molecule has 1 heterocycles. The molecule has 0 aliphatic rings. The van der Waals surface area contributed by atoms with Crippen LogP contribution in [0.3, 0.4) is 0 Å². The third-order valence-corrected chi connectivity index (χ3v) is 5.17. The lowest BCUT2D eigenvalue weighted by atomic mass is 9.85. The van der Waals surface area contributed by atoms with Crippen LogP contribution in [0.1, 0.15) is 16.9 Å². The number of hydrogen-bond donors (Lipinski definition) is 2. The molecular weight excluding hydrogens is 412 g/mol. The zero-order valence-electron chi connectivity index (χ0n) is 16.4. The van der Waals surface area contributed by atoms with Crippen LogP contribution in [0.5, 0.6) is 0 Å². The summed E-state index contributed by atoms with van der Waals surface area (Å²) in [6.45, 7) is 0. The van der Waals surface area contributed by atoms with E-state index >= 15 is 0 Å². The molecule has 5 nitrogen and oxygen atoms in total. The first-order valence-corrected chi connectivity index (χ1v) is 9.98. The Morgan fingerprint density at radius 3 is 2.06 bits per heavy atom. The minimum Gasteiger partial charge on any atom is -0.455 e. The van der Waals surface area contributed by atoms with E-state index in [1.165, 1.54) is 6.21 Å². The Bertz CT molecular complexity index is 1160. The number of carbonyl (C=O) groups excluding carboxylic acids is 1. The second-order valence-electron chi connectivity index (χ2n) is 6.82. The van der Waals surface area contributed by atoms with Crippen molar-refractivity contribution in [2.75, 3.05) is 0 Å². The maximum atomic E-state index is 13.0. The summed E-state index contributed by atoms with van der Waals surface area (Å²) in [5, 5.41) is 15.9. The highest BCUT2D eigenvalue weighted by atomic mass is 35.5. The maximum absolute atomic E-state index is 13.0. The highest BCUT2D eigenvalue weighted by molar-refractivity contribution is 6.33. The maximum Gasteiger partial charge on any atom is 0.281 e. The number of benzene rings is 3. The van der Waals surface area contributed by atoms with Crippen molar-refractivity contribution >= 4 is 23.7 Å². The van der Waals surface area contributed by atoms with Crippen LogP contribution < -0.4 is 5.43 Å². The highest BCUT2D eigenvalue weighted by Crippen LogP contribution is 2.30. The molecule has 0 saturated heterocycles. The number of aliphatic hydroxyl groups is 1. The fourth-order valence-corrected chi connectivity index (χ4v) is 3.48. The second-order valence-corrected chi connectivity index (χ2v) is 7.23. The average Bonchev–Trinajstić information content (AvgIpc) is 3.28. The van der Waals surface area contributed by atoms with Gasteiger partial charge in [-0.3, -0.25) is 4.79 Å². The topological polar surface area (TPSA) is 74.8 Å². The van der Waals surface area contributed by atoms with Gasteiger partial charge in [0.15, 0.2) is 5.60 Å². The van der Waals surface area contributed by atoms with Gasteiger partial charge in [-0.2, -0.15) is 5.10 Å². The minimum atomic E-state index is -1.90. The molecule has 3 aromatic carbocycles. The van der Waals surface area contributed by atoms with Crippen LogP contribution in [-0.4, -0.2) is 17.2 Å². The van der Waals surface area contributed by atoms with Crippen LogP contribution in [0.4, 0.5) is 0 Å². The zero-order valence-corrected chi connectivity index (χ0v) is 17.2. The van der Waals surface area contributed by atoms with Crippen LogP contribution >= 0.6 is 11.6 Å². The van der Waals surface area contributed by atoms with Crippen LogP contribution in [-0.2, 0) is 10.4 Å². The number of amides is 1. The normalized spacial score (nSPS) is 11.5. The van der Waals surface area contributed by atoms with Gasteiger partial charge in [0.25, 0.3) is 5.91 Å². The molecule has 1 amide bonds. The number of furan rings is 1. The molecule has 0 unspecified atom stereocenters. The SMILES string of the molecule is O=C(N/N=C\c1ccc(-c2ccccc2Cl)o1)C(O)(c1ccccc1)c1ccccc1. The first-order valence-electron chi connectivity index (χ1n) is 9.60. The summed E-state index contributed by atoms with van der Waals surface area (Å²) in [7, 11) is 0.